The molecule has 3 amide bonds. The second-order valence-electron chi connectivity index (χ2n) is 18.3. The number of aliphatic hydroxyl groups is 1. The van der Waals surface area contributed by atoms with Crippen LogP contribution in [-0.4, -0.2) is 80.0 Å². The number of allylic oxidation sites excluding steroid dienone is 2. The van der Waals surface area contributed by atoms with Crippen LogP contribution in [0.5, 0.6) is 0 Å². The number of aromatic amines is 2. The molecule has 0 saturated heterocycles. The smallest absolute Gasteiger partial charge is 0.411 e. The van der Waals surface area contributed by atoms with E-state index in [-0.39, 0.29) is 30.3 Å². The van der Waals surface area contributed by atoms with Gasteiger partial charge in [-0.05, 0) is 142 Å². The Labute approximate surface area is 350 Å². The first-order chi connectivity index (χ1) is 28.0. The number of nitrogens with zero attached hydrogens (tertiary/aromatic N) is 2. The number of ether oxygens (including phenoxy) is 2. The van der Waals surface area contributed by atoms with Crippen molar-refractivity contribution in [3.05, 3.63) is 80.7 Å². The number of fused-ring (bicyclic) bond motifs is 2. The Morgan fingerprint density at radius 2 is 1.45 bits per heavy atom. The summed E-state index contributed by atoms with van der Waals surface area (Å²) in [5.74, 6) is -1.87. The minimum atomic E-state index is -1.42. The van der Waals surface area contributed by atoms with Gasteiger partial charge in [0.05, 0.1) is 29.3 Å². The van der Waals surface area contributed by atoms with E-state index < -0.39 is 53.2 Å². The molecular weight excluding hydrogens is 771 g/mol. The number of aryl methyl sites for hydroxylation is 4. The fraction of sp³-hybridized carbons (Fsp3) is 0.500. The highest BCUT2D eigenvalue weighted by atomic mass is 19.1. The van der Waals surface area contributed by atoms with Crippen molar-refractivity contribution in [3.8, 4) is 0 Å². The molecule has 6 rings (SSSR count). The van der Waals surface area contributed by atoms with E-state index in [1.165, 1.54) is 11.0 Å². The van der Waals surface area contributed by atoms with Crippen molar-refractivity contribution >= 4 is 51.0 Å². The second kappa shape index (κ2) is 16.7. The molecule has 2 heterocycles. The van der Waals surface area contributed by atoms with Gasteiger partial charge in [0.15, 0.2) is 0 Å². The van der Waals surface area contributed by atoms with E-state index in [0.717, 1.165) is 40.6 Å². The number of nitrogens with one attached hydrogen (secondary N) is 3. The molecule has 0 fully saturated rings. The van der Waals surface area contributed by atoms with Crippen molar-refractivity contribution in [3.63, 3.8) is 0 Å². The number of carbonyl (C=O) groups is 3. The summed E-state index contributed by atoms with van der Waals surface area (Å²) < 4.78 is 44.2. The van der Waals surface area contributed by atoms with E-state index in [1.54, 1.807) is 32.7 Å². The number of hydrogen-bond donors (Lipinski definition) is 5. The normalized spacial score (nSPS) is 18.0. The monoisotopic (exact) mass is 830 g/mol. The predicted octanol–water partition coefficient (Wildman–Crippen LogP) is 9.47. The number of aliphatic hydroxyl groups excluding tert-OH is 1. The fourth-order valence-corrected chi connectivity index (χ4v) is 8.51. The van der Waals surface area contributed by atoms with Crippen LogP contribution in [0.2, 0.25) is 0 Å². The number of amides is 3. The van der Waals surface area contributed by atoms with Crippen molar-refractivity contribution in [1.29, 1.82) is 0 Å². The molecule has 1 unspecified atom stereocenters. The van der Waals surface area contributed by atoms with Crippen molar-refractivity contribution < 1.29 is 37.7 Å². The first-order valence-corrected chi connectivity index (χ1v) is 20.7. The van der Waals surface area contributed by atoms with Gasteiger partial charge >= 0.3 is 12.2 Å². The number of benzene rings is 2. The maximum atomic E-state index is 16.6. The number of nitrogens with two attached hydrogens (primary N) is 1. The third-order valence-electron chi connectivity index (χ3n) is 11.7. The van der Waals surface area contributed by atoms with Gasteiger partial charge in [0, 0.05) is 51.9 Å². The summed E-state index contributed by atoms with van der Waals surface area (Å²) >= 11 is 0. The average Bonchev–Trinajstić information content (AvgIpc) is 3.61. The van der Waals surface area contributed by atoms with Crippen LogP contribution in [0.1, 0.15) is 136 Å². The van der Waals surface area contributed by atoms with Gasteiger partial charge in [0.25, 0.3) is 5.91 Å². The highest BCUT2D eigenvalue weighted by Gasteiger charge is 2.34. The van der Waals surface area contributed by atoms with Crippen LogP contribution in [-0.2, 0) is 9.47 Å². The Bertz CT molecular complexity index is 2420. The van der Waals surface area contributed by atoms with Crippen molar-refractivity contribution in [1.82, 2.24) is 25.1 Å². The van der Waals surface area contributed by atoms with Crippen molar-refractivity contribution in [2.24, 2.45) is 5.73 Å². The number of carbonyl (C=O) groups excluding carboxylic acids is 3. The van der Waals surface area contributed by atoms with E-state index in [1.807, 2.05) is 60.6 Å². The molecule has 2 aromatic heterocycles. The third kappa shape index (κ3) is 8.95. The van der Waals surface area contributed by atoms with Gasteiger partial charge in [-0.2, -0.15) is 0 Å². The lowest BCUT2D eigenvalue weighted by atomic mass is 9.86. The highest BCUT2D eigenvalue weighted by molar-refractivity contribution is 6.09. The van der Waals surface area contributed by atoms with Crippen LogP contribution < -0.4 is 11.1 Å². The van der Waals surface area contributed by atoms with E-state index in [2.05, 4.69) is 15.3 Å². The van der Waals surface area contributed by atoms with Gasteiger partial charge < -0.3 is 35.2 Å². The molecule has 2 aromatic carbocycles. The van der Waals surface area contributed by atoms with Crippen LogP contribution >= 0.6 is 0 Å². The van der Waals surface area contributed by atoms with Crippen LogP contribution in [0.4, 0.5) is 18.4 Å². The van der Waals surface area contributed by atoms with Gasteiger partial charge in [-0.25, -0.2) is 18.4 Å². The number of likely N-dealkylation sites (N-methyl/N-ethyl adjacent to an activating group) is 1. The van der Waals surface area contributed by atoms with Gasteiger partial charge in [0.1, 0.15) is 29.1 Å². The molecule has 3 atom stereocenters. The number of halogens is 2. The van der Waals surface area contributed by atoms with Crippen LogP contribution in [0.3, 0.4) is 0 Å². The summed E-state index contributed by atoms with van der Waals surface area (Å²) in [5, 5.41) is 16.1. The Morgan fingerprint density at radius 1 is 0.883 bits per heavy atom. The molecule has 60 heavy (non-hydrogen) atoms. The molecule has 6 N–H and O–H groups in total. The quantitative estimate of drug-likeness (QED) is 0.105. The molecule has 0 saturated carbocycles. The largest absolute Gasteiger partial charge is 0.444 e. The predicted molar refractivity (Wildman–Crippen MR) is 230 cm³/mol. The van der Waals surface area contributed by atoms with Gasteiger partial charge in [-0.3, -0.25) is 15.0 Å². The van der Waals surface area contributed by atoms with Crippen LogP contribution in [0.25, 0.3) is 33.0 Å². The van der Waals surface area contributed by atoms with Crippen LogP contribution in [0.15, 0.2) is 24.3 Å². The maximum Gasteiger partial charge on any atom is 0.411 e. The number of primary amides is 1. The SMILES string of the molecule is Cc1[nH]c2c(C(N)=O)cc(F)c(C3=CCC[C@H](N(CNC(O)c4cc(F)c(C5=C[C@@H](N(C)C(=O)OC(C)(C)C)CCC5)c5c(C)c(C)[nH]c45)C(=O)OC(C)(C)C)C3)c2c1C. The standard InChI is InChI=1S/C46H60F2N6O6/c1-23-25(3)51-39-31(41(49)55)20-33(47)38(35(23)39)28-15-13-17-30(19-28)54(44(58)60-46(8,9)10)22-50-42(56)32-21-34(48)37(36-24(2)26(4)52-40(32)36)27-14-12-16-29(18-27)53(11)43(57)59-45(5,6)7/h15,18,20-21,29-30,42,50-52,56H,12-14,16-17,19,22H2,1-11H3,(H2,49,55)/t29-,30-,42?/m0/s1. The zero-order valence-corrected chi connectivity index (χ0v) is 36.7. The number of hydrogen-bond acceptors (Lipinski definition) is 7. The minimum absolute atomic E-state index is 0.0560. The van der Waals surface area contributed by atoms with Crippen molar-refractivity contribution in [2.75, 3.05) is 13.7 Å². The molecule has 324 valence electrons. The van der Waals surface area contributed by atoms with E-state index in [0.29, 0.717) is 64.2 Å². The molecule has 0 bridgehead atoms. The van der Waals surface area contributed by atoms with E-state index >= 15 is 8.78 Å². The lowest BCUT2D eigenvalue weighted by Crippen LogP contribution is -2.49. The summed E-state index contributed by atoms with van der Waals surface area (Å²) in [6.45, 7) is 18.0. The molecule has 4 aromatic rings. The Balaban J connectivity index is 1.31. The molecule has 0 aliphatic heterocycles. The highest BCUT2D eigenvalue weighted by Crippen LogP contribution is 2.41. The molecule has 2 aliphatic rings. The minimum Gasteiger partial charge on any atom is -0.444 e. The topological polar surface area (TPSA) is 166 Å². The molecule has 2 aliphatic carbocycles. The van der Waals surface area contributed by atoms with Crippen LogP contribution in [0, 0.1) is 39.3 Å². The Hall–Kier alpha value is -5.21. The molecule has 12 nitrogen and oxygen atoms in total. The molecule has 0 radical (unpaired) electrons. The Morgan fingerprint density at radius 3 is 2.07 bits per heavy atom. The van der Waals surface area contributed by atoms with Crippen molar-refractivity contribution in [2.45, 2.75) is 137 Å². The Kier molecular flexibility index (Phi) is 12.3. The first kappa shape index (κ1) is 44.3. The summed E-state index contributed by atoms with van der Waals surface area (Å²) in [5.41, 5.74) is 10.8. The summed E-state index contributed by atoms with van der Waals surface area (Å²) in [6, 6.07) is 1.69. The van der Waals surface area contributed by atoms with E-state index in [4.69, 9.17) is 15.2 Å². The van der Waals surface area contributed by atoms with Gasteiger partial charge in [-0.15, -0.1) is 0 Å². The number of H-pyrrole nitrogens is 2. The molecule has 14 heteroatoms. The average molecular weight is 831 g/mol. The second-order valence-corrected chi connectivity index (χ2v) is 18.3. The molecule has 0 spiro atoms. The maximum absolute atomic E-state index is 16.6. The fourth-order valence-electron chi connectivity index (χ4n) is 8.51. The summed E-state index contributed by atoms with van der Waals surface area (Å²) in [7, 11) is 1.69. The summed E-state index contributed by atoms with van der Waals surface area (Å²) in [6.07, 6.45) is 4.71. The lowest BCUT2D eigenvalue weighted by molar-refractivity contribution is 0.00746. The third-order valence-corrected chi connectivity index (χ3v) is 11.7. The van der Waals surface area contributed by atoms with Gasteiger partial charge in [0.2, 0.25) is 0 Å². The lowest BCUT2D eigenvalue weighted by Gasteiger charge is -2.36. The zero-order chi connectivity index (χ0) is 44.2. The van der Waals surface area contributed by atoms with E-state index in [9.17, 15) is 19.5 Å². The molecular formula is C46H60F2N6O6. The van der Waals surface area contributed by atoms with Gasteiger partial charge in [-0.1, -0.05) is 12.2 Å². The summed E-state index contributed by atoms with van der Waals surface area (Å²) in [4.78, 5) is 48.8. The zero-order valence-electron chi connectivity index (χ0n) is 36.7. The number of rotatable bonds is 9. The number of aromatic nitrogens is 2. The first-order valence-electron chi connectivity index (χ1n) is 20.7.